The fourth-order valence-corrected chi connectivity index (χ4v) is 8.24. The molecular formula is C55H41N. The third kappa shape index (κ3) is 5.81. The second-order valence-electron chi connectivity index (χ2n) is 14.6. The van der Waals surface area contributed by atoms with Crippen LogP contribution in [0.15, 0.2) is 212 Å². The van der Waals surface area contributed by atoms with Crippen LogP contribution in [-0.4, -0.2) is 0 Å². The minimum absolute atomic E-state index is 0.102. The van der Waals surface area contributed by atoms with Crippen molar-refractivity contribution in [2.75, 3.05) is 4.90 Å². The van der Waals surface area contributed by atoms with Gasteiger partial charge in [-0.3, -0.25) is 0 Å². The molecule has 0 atom stereocenters. The normalized spacial score (nSPS) is 15.1. The zero-order valence-electron chi connectivity index (χ0n) is 40.9. The van der Waals surface area contributed by atoms with Crippen LogP contribution in [-0.2, 0) is 5.41 Å². The maximum absolute atomic E-state index is 8.60. The Kier molecular flexibility index (Phi) is 5.99. The molecule has 1 aliphatic rings. The Labute approximate surface area is 343 Å². The number of hydrogen-bond donors (Lipinski definition) is 0. The molecule has 9 aromatic carbocycles. The fraction of sp³-hybridized carbons (Fsp3) is 0.0545. The Morgan fingerprint density at radius 3 is 1.50 bits per heavy atom. The third-order valence-electron chi connectivity index (χ3n) is 11.1. The quantitative estimate of drug-likeness (QED) is 0.158. The van der Waals surface area contributed by atoms with E-state index >= 15 is 0 Å². The van der Waals surface area contributed by atoms with Crippen LogP contribution in [0.1, 0.15) is 38.7 Å². The van der Waals surface area contributed by atoms with Crippen LogP contribution in [0.4, 0.5) is 17.1 Å². The van der Waals surface area contributed by atoms with Crippen molar-refractivity contribution in [2.24, 2.45) is 0 Å². The molecule has 0 radical (unpaired) electrons. The molecule has 1 nitrogen and oxygen atoms in total. The highest BCUT2D eigenvalue weighted by Crippen LogP contribution is 2.50. The topological polar surface area (TPSA) is 3.24 Å². The summed E-state index contributed by atoms with van der Waals surface area (Å²) in [6.45, 7) is 4.58. The molecule has 0 bridgehead atoms. The molecule has 10 rings (SSSR count). The van der Waals surface area contributed by atoms with Gasteiger partial charge in [0.25, 0.3) is 0 Å². The molecule has 0 unspecified atom stereocenters. The van der Waals surface area contributed by atoms with E-state index in [2.05, 4.69) is 104 Å². The van der Waals surface area contributed by atoms with Crippen LogP contribution in [0.3, 0.4) is 0 Å². The van der Waals surface area contributed by atoms with Gasteiger partial charge in [0, 0.05) is 22.2 Å². The summed E-state index contributed by atoms with van der Waals surface area (Å²) in [6.07, 6.45) is 0. The van der Waals surface area contributed by atoms with Gasteiger partial charge in [-0.2, -0.15) is 0 Å². The van der Waals surface area contributed by atoms with Gasteiger partial charge in [-0.15, -0.1) is 0 Å². The number of rotatable bonds is 7. The van der Waals surface area contributed by atoms with Crippen LogP contribution < -0.4 is 4.90 Å². The molecule has 0 heterocycles. The average molecular weight is 726 g/mol. The molecule has 0 saturated carbocycles. The van der Waals surface area contributed by atoms with E-state index in [1.807, 2.05) is 42.5 Å². The molecule has 0 amide bonds. The van der Waals surface area contributed by atoms with Crippen LogP contribution in [0.2, 0.25) is 0 Å². The van der Waals surface area contributed by atoms with Gasteiger partial charge in [-0.1, -0.05) is 190 Å². The van der Waals surface area contributed by atoms with Crippen molar-refractivity contribution >= 4 is 27.8 Å². The Hall–Kier alpha value is -6.96. The first kappa shape index (κ1) is 24.4. The van der Waals surface area contributed by atoms with Gasteiger partial charge in [0.15, 0.2) is 0 Å². The molecule has 0 aromatic heterocycles. The van der Waals surface area contributed by atoms with E-state index in [9.17, 15) is 0 Å². The first-order chi connectivity index (χ1) is 31.7. The van der Waals surface area contributed by atoms with E-state index in [0.29, 0.717) is 22.5 Å². The average Bonchev–Trinajstić information content (AvgIpc) is 3.57. The Morgan fingerprint density at radius 1 is 0.375 bits per heavy atom. The van der Waals surface area contributed by atoms with Crippen molar-refractivity contribution in [3.05, 3.63) is 223 Å². The molecule has 0 N–H and O–H groups in total. The minimum atomic E-state index is -0.454. The van der Waals surface area contributed by atoms with Gasteiger partial charge < -0.3 is 4.90 Å². The van der Waals surface area contributed by atoms with E-state index < -0.39 is 36.3 Å². The van der Waals surface area contributed by atoms with Crippen LogP contribution in [0.5, 0.6) is 0 Å². The summed E-state index contributed by atoms with van der Waals surface area (Å²) in [7, 11) is 0. The van der Waals surface area contributed by atoms with E-state index in [1.54, 1.807) is 24.3 Å². The number of nitrogens with zero attached hydrogens (tertiary/aromatic N) is 1. The smallest absolute Gasteiger partial charge is 0.0629 e. The first-order valence-corrected chi connectivity index (χ1v) is 18.7. The zero-order chi connectivity index (χ0) is 46.3. The van der Waals surface area contributed by atoms with E-state index in [-0.39, 0.29) is 40.7 Å². The maximum atomic E-state index is 8.60. The molecule has 9 aromatic rings. The van der Waals surface area contributed by atoms with Crippen molar-refractivity contribution in [1.29, 1.82) is 0 Å². The summed E-state index contributed by atoms with van der Waals surface area (Å²) in [5.74, 6) is 0. The maximum Gasteiger partial charge on any atom is 0.0629 e. The van der Waals surface area contributed by atoms with Crippen molar-refractivity contribution < 1.29 is 13.7 Å². The molecule has 0 aliphatic heterocycles. The highest BCUT2D eigenvalue weighted by molar-refractivity contribution is 6.06. The number of anilines is 3. The number of fused-ring (bicyclic) bond motifs is 4. The molecule has 0 spiro atoms. The highest BCUT2D eigenvalue weighted by Gasteiger charge is 2.35. The van der Waals surface area contributed by atoms with Crippen molar-refractivity contribution in [3.8, 4) is 55.6 Å². The number of hydrogen-bond acceptors (Lipinski definition) is 1. The molecule has 1 aliphatic carbocycles. The molecule has 0 fully saturated rings. The van der Waals surface area contributed by atoms with Gasteiger partial charge in [0.1, 0.15) is 0 Å². The van der Waals surface area contributed by atoms with Gasteiger partial charge in [-0.25, -0.2) is 0 Å². The van der Waals surface area contributed by atoms with E-state index in [1.165, 1.54) is 22.3 Å². The second-order valence-corrected chi connectivity index (χ2v) is 14.6. The second kappa shape index (κ2) is 13.7. The number of benzene rings is 9. The van der Waals surface area contributed by atoms with Crippen LogP contribution in [0, 0.1) is 0 Å². The van der Waals surface area contributed by atoms with Gasteiger partial charge in [0.2, 0.25) is 0 Å². The standard InChI is InChI=1S/C55H41N/c1-55(2)52-21-10-9-17-49(52)50-36-31-44(37-53(50)55)42-23-25-43(26-24-42)47-18-11-20-51-48(47)19-12-22-54(51)56(45-32-27-40(28-33-45)38-13-5-3-6-14-38)46-34-29-41(30-35-46)39-15-7-4-8-16-39/h3-37H,1-2H3/i3D,4D,5D,6D,7D,8D,13D,14D,15D,16D. The third-order valence-corrected chi connectivity index (χ3v) is 11.1. The molecule has 0 saturated heterocycles. The fourth-order valence-electron chi connectivity index (χ4n) is 8.24. The van der Waals surface area contributed by atoms with Gasteiger partial charge in [0.05, 0.1) is 19.4 Å². The van der Waals surface area contributed by atoms with Crippen molar-refractivity contribution in [3.63, 3.8) is 0 Å². The Morgan fingerprint density at radius 2 is 0.857 bits per heavy atom. The van der Waals surface area contributed by atoms with E-state index in [0.717, 1.165) is 38.7 Å². The summed E-state index contributed by atoms with van der Waals surface area (Å²) >= 11 is 0. The van der Waals surface area contributed by atoms with Crippen LogP contribution in [0.25, 0.3) is 66.4 Å². The largest absolute Gasteiger partial charge is 0.310 e. The van der Waals surface area contributed by atoms with Gasteiger partial charge >= 0.3 is 0 Å². The highest BCUT2D eigenvalue weighted by atomic mass is 15.1. The monoisotopic (exact) mass is 725 g/mol. The molecule has 266 valence electrons. The lowest BCUT2D eigenvalue weighted by Crippen LogP contribution is -2.14. The first-order valence-electron chi connectivity index (χ1n) is 23.7. The lowest BCUT2D eigenvalue weighted by atomic mass is 9.81. The summed E-state index contributed by atoms with van der Waals surface area (Å²) in [5.41, 5.74) is 12.9. The van der Waals surface area contributed by atoms with Gasteiger partial charge in [-0.05, 0) is 109 Å². The molecular weight excluding hydrogens is 675 g/mol. The van der Waals surface area contributed by atoms with Crippen molar-refractivity contribution in [2.45, 2.75) is 19.3 Å². The Balaban J connectivity index is 1.07. The lowest BCUT2D eigenvalue weighted by Gasteiger charge is -2.27. The SMILES string of the molecule is [2H]c1c([2H])c([2H])c(-c2ccc(N(c3ccc(-c4c([2H])c([2H])c([2H])c([2H])c4[2H])cc3)c3cccc4c(-c5ccc(-c6ccc7c(c6)C(C)(C)c6ccccc6-7)cc5)cccc34)cc2)c([2H])c1[2H]. The zero-order valence-corrected chi connectivity index (χ0v) is 30.9. The summed E-state index contributed by atoms with van der Waals surface area (Å²) in [4.78, 5) is 2.06. The molecule has 1 heteroatoms. The predicted molar refractivity (Wildman–Crippen MR) is 238 cm³/mol. The lowest BCUT2D eigenvalue weighted by molar-refractivity contribution is 0.660. The predicted octanol–water partition coefficient (Wildman–Crippen LogP) is 15.3. The van der Waals surface area contributed by atoms with Crippen LogP contribution >= 0.6 is 0 Å². The van der Waals surface area contributed by atoms with Crippen molar-refractivity contribution in [1.82, 2.24) is 0 Å². The summed E-state index contributed by atoms with van der Waals surface area (Å²) in [6, 6.07) is 47.2. The summed E-state index contributed by atoms with van der Waals surface area (Å²) < 4.78 is 83.6. The molecule has 56 heavy (non-hydrogen) atoms. The van der Waals surface area contributed by atoms with E-state index in [4.69, 9.17) is 13.7 Å². The summed E-state index contributed by atoms with van der Waals surface area (Å²) in [5, 5.41) is 1.96. The minimum Gasteiger partial charge on any atom is -0.310 e. The Bertz CT molecular complexity index is 3260.